The van der Waals surface area contributed by atoms with Crippen molar-refractivity contribution in [3.8, 4) is 22.5 Å². The standard InChI is InChI=1S/C21H22ClN5O2/c1-13(28)21(29)27-10-7-15(8-11-27)20-18(17-6-9-23-12-24-17)19(25-26-20)14-2-4-16(22)5-3-14/h2-6,9,12-13,15,28H,7-8,10-11H2,1H3,(H,25,26). The molecule has 1 aliphatic heterocycles. The van der Waals surface area contributed by atoms with Gasteiger partial charge in [0.05, 0.1) is 5.69 Å². The van der Waals surface area contributed by atoms with Crippen molar-refractivity contribution < 1.29 is 9.90 Å². The fourth-order valence-electron chi connectivity index (χ4n) is 3.82. The number of amides is 1. The third-order valence-electron chi connectivity index (χ3n) is 5.32. The number of aromatic amines is 1. The van der Waals surface area contributed by atoms with Gasteiger partial charge in [0.15, 0.2) is 0 Å². The maximum atomic E-state index is 12.1. The molecule has 0 aliphatic carbocycles. The average Bonchev–Trinajstić information content (AvgIpc) is 3.19. The minimum atomic E-state index is -0.966. The van der Waals surface area contributed by atoms with E-state index in [1.165, 1.54) is 13.3 Å². The third kappa shape index (κ3) is 4.02. The second kappa shape index (κ2) is 8.31. The Hall–Kier alpha value is -2.77. The number of aliphatic hydroxyl groups is 1. The molecule has 0 bridgehead atoms. The van der Waals surface area contributed by atoms with Gasteiger partial charge in [-0.1, -0.05) is 23.7 Å². The monoisotopic (exact) mass is 411 g/mol. The van der Waals surface area contributed by atoms with Gasteiger partial charge in [-0.05, 0) is 38.0 Å². The van der Waals surface area contributed by atoms with Gasteiger partial charge in [-0.25, -0.2) is 9.97 Å². The summed E-state index contributed by atoms with van der Waals surface area (Å²) in [5.74, 6) is -0.00231. The fraction of sp³-hybridized carbons (Fsp3) is 0.333. The van der Waals surface area contributed by atoms with Crippen LogP contribution in [0.15, 0.2) is 42.9 Å². The number of benzene rings is 1. The topological polar surface area (TPSA) is 95.0 Å². The minimum Gasteiger partial charge on any atom is -0.384 e. The summed E-state index contributed by atoms with van der Waals surface area (Å²) in [6.45, 7) is 2.72. The number of halogens is 1. The first-order valence-electron chi connectivity index (χ1n) is 9.62. The first-order chi connectivity index (χ1) is 14.0. The molecule has 1 atom stereocenters. The Balaban J connectivity index is 1.68. The smallest absolute Gasteiger partial charge is 0.251 e. The van der Waals surface area contributed by atoms with E-state index in [9.17, 15) is 9.90 Å². The molecule has 1 aliphatic rings. The fourth-order valence-corrected chi connectivity index (χ4v) is 3.94. The molecule has 150 valence electrons. The highest BCUT2D eigenvalue weighted by Crippen LogP contribution is 2.39. The second-order valence-corrected chi connectivity index (χ2v) is 7.67. The number of aromatic nitrogens is 4. The third-order valence-corrected chi connectivity index (χ3v) is 5.57. The number of hydrogen-bond donors (Lipinski definition) is 2. The Labute approximate surface area is 173 Å². The molecule has 7 nitrogen and oxygen atoms in total. The number of likely N-dealkylation sites (tertiary alicyclic amines) is 1. The summed E-state index contributed by atoms with van der Waals surface area (Å²) < 4.78 is 0. The molecule has 2 N–H and O–H groups in total. The lowest BCUT2D eigenvalue weighted by molar-refractivity contribution is -0.140. The van der Waals surface area contributed by atoms with E-state index in [1.807, 2.05) is 30.3 Å². The average molecular weight is 412 g/mol. The molecule has 0 spiro atoms. The zero-order valence-corrected chi connectivity index (χ0v) is 16.8. The largest absolute Gasteiger partial charge is 0.384 e. The highest BCUT2D eigenvalue weighted by molar-refractivity contribution is 6.30. The maximum Gasteiger partial charge on any atom is 0.251 e. The predicted octanol–water partition coefficient (Wildman–Crippen LogP) is 3.27. The Morgan fingerprint density at radius 1 is 1.24 bits per heavy atom. The Morgan fingerprint density at radius 3 is 2.59 bits per heavy atom. The molecule has 4 rings (SSSR count). The van der Waals surface area contributed by atoms with Crippen molar-refractivity contribution >= 4 is 17.5 Å². The summed E-state index contributed by atoms with van der Waals surface area (Å²) >= 11 is 6.05. The van der Waals surface area contributed by atoms with Crippen molar-refractivity contribution in [2.75, 3.05) is 13.1 Å². The van der Waals surface area contributed by atoms with Gasteiger partial charge in [0.25, 0.3) is 5.91 Å². The van der Waals surface area contributed by atoms with Crippen molar-refractivity contribution in [3.63, 3.8) is 0 Å². The van der Waals surface area contributed by atoms with Gasteiger partial charge < -0.3 is 10.0 Å². The van der Waals surface area contributed by atoms with Gasteiger partial charge in [-0.15, -0.1) is 0 Å². The van der Waals surface area contributed by atoms with E-state index in [1.54, 1.807) is 11.1 Å². The van der Waals surface area contributed by atoms with Crippen LogP contribution in [0.2, 0.25) is 5.02 Å². The molecule has 3 heterocycles. The Kier molecular flexibility index (Phi) is 5.60. The van der Waals surface area contributed by atoms with E-state index in [-0.39, 0.29) is 11.8 Å². The lowest BCUT2D eigenvalue weighted by atomic mass is 9.88. The number of piperidine rings is 1. The summed E-state index contributed by atoms with van der Waals surface area (Å²) in [6.07, 6.45) is 3.86. The minimum absolute atomic E-state index is 0.214. The summed E-state index contributed by atoms with van der Waals surface area (Å²) in [5.41, 5.74) is 4.54. The van der Waals surface area contributed by atoms with Gasteiger partial charge in [-0.2, -0.15) is 5.10 Å². The number of carbonyl (C=O) groups is 1. The normalized spacial score (nSPS) is 16.0. The Bertz CT molecular complexity index is 980. The molecule has 0 radical (unpaired) electrons. The summed E-state index contributed by atoms with van der Waals surface area (Å²) in [7, 11) is 0. The van der Waals surface area contributed by atoms with Gasteiger partial charge in [0.2, 0.25) is 0 Å². The molecule has 3 aromatic rings. The van der Waals surface area contributed by atoms with Crippen LogP contribution in [0, 0.1) is 0 Å². The lowest BCUT2D eigenvalue weighted by Crippen LogP contribution is -2.42. The second-order valence-electron chi connectivity index (χ2n) is 7.24. The predicted molar refractivity (Wildman–Crippen MR) is 110 cm³/mol. The molecular formula is C21H22ClN5O2. The van der Waals surface area contributed by atoms with Crippen LogP contribution < -0.4 is 0 Å². The van der Waals surface area contributed by atoms with Gasteiger partial charge in [0, 0.05) is 47.0 Å². The number of carbonyl (C=O) groups excluding carboxylic acids is 1. The van der Waals surface area contributed by atoms with Crippen LogP contribution in [0.4, 0.5) is 0 Å². The molecule has 8 heteroatoms. The van der Waals surface area contributed by atoms with Gasteiger partial charge in [0.1, 0.15) is 18.1 Å². The van der Waals surface area contributed by atoms with Crippen LogP contribution in [0.1, 0.15) is 31.4 Å². The molecule has 0 saturated carbocycles. The number of hydrogen-bond acceptors (Lipinski definition) is 5. The van der Waals surface area contributed by atoms with E-state index in [0.29, 0.717) is 18.1 Å². The quantitative estimate of drug-likeness (QED) is 0.687. The Morgan fingerprint density at radius 2 is 1.97 bits per heavy atom. The SMILES string of the molecule is CC(O)C(=O)N1CCC(c2[nH]nc(-c3ccc(Cl)cc3)c2-c2ccncn2)CC1. The van der Waals surface area contributed by atoms with Crippen LogP contribution in [-0.4, -0.2) is 55.3 Å². The summed E-state index contributed by atoms with van der Waals surface area (Å²) in [4.78, 5) is 22.3. The molecule has 2 aromatic heterocycles. The summed E-state index contributed by atoms with van der Waals surface area (Å²) in [5, 5.41) is 18.1. The zero-order chi connectivity index (χ0) is 20.4. The molecule has 1 aromatic carbocycles. The van der Waals surface area contributed by atoms with E-state index < -0.39 is 6.10 Å². The van der Waals surface area contributed by atoms with Crippen LogP contribution in [-0.2, 0) is 4.79 Å². The number of nitrogens with one attached hydrogen (secondary N) is 1. The van der Waals surface area contributed by atoms with Crippen LogP contribution >= 0.6 is 11.6 Å². The van der Waals surface area contributed by atoms with Gasteiger partial charge in [-0.3, -0.25) is 9.89 Å². The van der Waals surface area contributed by atoms with E-state index >= 15 is 0 Å². The number of H-pyrrole nitrogens is 1. The van der Waals surface area contributed by atoms with Crippen molar-refractivity contribution in [3.05, 3.63) is 53.6 Å². The number of aliphatic hydroxyl groups excluding tert-OH is 1. The van der Waals surface area contributed by atoms with Crippen molar-refractivity contribution in [1.29, 1.82) is 0 Å². The molecule has 1 amide bonds. The van der Waals surface area contributed by atoms with E-state index in [4.69, 9.17) is 11.6 Å². The van der Waals surface area contributed by atoms with E-state index in [0.717, 1.165) is 41.1 Å². The first kappa shape index (κ1) is 19.5. The first-order valence-corrected chi connectivity index (χ1v) is 10.00. The van der Waals surface area contributed by atoms with E-state index in [2.05, 4.69) is 20.2 Å². The summed E-state index contributed by atoms with van der Waals surface area (Å²) in [6, 6.07) is 9.44. The number of rotatable bonds is 4. The maximum absolute atomic E-state index is 12.1. The van der Waals surface area contributed by atoms with Gasteiger partial charge >= 0.3 is 0 Å². The molecular weight excluding hydrogens is 390 g/mol. The highest BCUT2D eigenvalue weighted by Gasteiger charge is 2.30. The van der Waals surface area contributed by atoms with Crippen molar-refractivity contribution in [2.24, 2.45) is 0 Å². The highest BCUT2D eigenvalue weighted by atomic mass is 35.5. The van der Waals surface area contributed by atoms with Crippen LogP contribution in [0.5, 0.6) is 0 Å². The molecule has 1 unspecified atom stereocenters. The molecule has 1 fully saturated rings. The lowest BCUT2D eigenvalue weighted by Gasteiger charge is -2.32. The molecule has 29 heavy (non-hydrogen) atoms. The van der Waals surface area contributed by atoms with Crippen molar-refractivity contribution in [1.82, 2.24) is 25.1 Å². The van der Waals surface area contributed by atoms with Crippen LogP contribution in [0.3, 0.4) is 0 Å². The number of nitrogens with zero attached hydrogens (tertiary/aromatic N) is 4. The van der Waals surface area contributed by atoms with Crippen LogP contribution in [0.25, 0.3) is 22.5 Å². The van der Waals surface area contributed by atoms with Crippen molar-refractivity contribution in [2.45, 2.75) is 31.8 Å². The molecule has 1 saturated heterocycles. The zero-order valence-electron chi connectivity index (χ0n) is 16.0.